The fourth-order valence-corrected chi connectivity index (χ4v) is 2.85. The lowest BCUT2D eigenvalue weighted by Gasteiger charge is -2.18. The molecule has 1 aliphatic heterocycles. The van der Waals surface area contributed by atoms with E-state index in [4.69, 9.17) is 9.15 Å². The Hall–Kier alpha value is -1.09. The fourth-order valence-electron chi connectivity index (χ4n) is 2.85. The quantitative estimate of drug-likeness (QED) is 0.803. The molecule has 1 saturated heterocycles. The smallest absolute Gasteiger partial charge is 0.338 e. The lowest BCUT2D eigenvalue weighted by atomic mass is 9.90. The average Bonchev–Trinajstić information content (AvgIpc) is 2.87. The molecular weight excluding hydrogens is 216 g/mol. The van der Waals surface area contributed by atoms with Gasteiger partial charge in [-0.25, -0.2) is 4.79 Å². The molecule has 2 fully saturated rings. The molecule has 0 aromatic carbocycles. The van der Waals surface area contributed by atoms with Crippen LogP contribution in [0.25, 0.3) is 0 Å². The van der Waals surface area contributed by atoms with E-state index in [1.54, 1.807) is 6.07 Å². The summed E-state index contributed by atoms with van der Waals surface area (Å²) < 4.78 is 10.6. The highest BCUT2D eigenvalue weighted by atomic mass is 16.5. The maximum Gasteiger partial charge on any atom is 0.338 e. The molecule has 3 nitrogen and oxygen atoms in total. The minimum atomic E-state index is -0.175. The first kappa shape index (κ1) is 11.0. The largest absolute Gasteiger partial charge is 0.431 e. The van der Waals surface area contributed by atoms with Crippen molar-refractivity contribution in [2.45, 2.75) is 44.6 Å². The molecular formula is C14H18O3. The van der Waals surface area contributed by atoms with Gasteiger partial charge in [-0.15, -0.1) is 0 Å². The van der Waals surface area contributed by atoms with Crippen LogP contribution in [-0.4, -0.2) is 12.7 Å². The Morgan fingerprint density at radius 3 is 2.94 bits per heavy atom. The summed E-state index contributed by atoms with van der Waals surface area (Å²) in [6.45, 7) is 0.911. The SMILES string of the molecule is O=c1occcc1CC1(CC2CCCO2)CC1. The number of ether oxygens (including phenoxy) is 1. The van der Waals surface area contributed by atoms with Crippen LogP contribution in [0.4, 0.5) is 0 Å². The molecule has 1 aromatic rings. The van der Waals surface area contributed by atoms with Crippen LogP contribution in [0.15, 0.2) is 27.6 Å². The molecule has 0 spiro atoms. The standard InChI is InChI=1S/C14H18O3/c15-13-11(3-1-8-17-13)9-14(5-6-14)10-12-4-2-7-16-12/h1,3,8,12H,2,4-7,9-10H2. The van der Waals surface area contributed by atoms with Gasteiger partial charge in [-0.05, 0) is 56.1 Å². The van der Waals surface area contributed by atoms with Gasteiger partial charge in [0.15, 0.2) is 0 Å². The third-order valence-electron chi connectivity index (χ3n) is 4.02. The van der Waals surface area contributed by atoms with E-state index in [1.165, 1.54) is 31.9 Å². The zero-order valence-electron chi connectivity index (χ0n) is 9.98. The number of hydrogen-bond donors (Lipinski definition) is 0. The van der Waals surface area contributed by atoms with E-state index >= 15 is 0 Å². The lowest BCUT2D eigenvalue weighted by molar-refractivity contribution is 0.0852. The summed E-state index contributed by atoms with van der Waals surface area (Å²) in [7, 11) is 0. The van der Waals surface area contributed by atoms with E-state index < -0.39 is 0 Å². The van der Waals surface area contributed by atoms with Gasteiger partial charge >= 0.3 is 5.63 Å². The van der Waals surface area contributed by atoms with Gasteiger partial charge in [0.05, 0.1) is 12.4 Å². The highest BCUT2D eigenvalue weighted by Crippen LogP contribution is 2.52. The molecule has 1 aromatic heterocycles. The van der Waals surface area contributed by atoms with Crippen LogP contribution in [0.2, 0.25) is 0 Å². The summed E-state index contributed by atoms with van der Waals surface area (Å²) in [5.74, 6) is 0. The third kappa shape index (κ3) is 2.44. The molecule has 2 aliphatic rings. The molecule has 0 radical (unpaired) electrons. The molecule has 17 heavy (non-hydrogen) atoms. The summed E-state index contributed by atoms with van der Waals surface area (Å²) in [6.07, 6.45) is 8.66. The van der Waals surface area contributed by atoms with Crippen molar-refractivity contribution in [3.05, 3.63) is 34.4 Å². The van der Waals surface area contributed by atoms with Crippen molar-refractivity contribution < 1.29 is 9.15 Å². The van der Waals surface area contributed by atoms with Gasteiger partial charge in [0.1, 0.15) is 0 Å². The molecule has 3 rings (SSSR count). The van der Waals surface area contributed by atoms with Gasteiger partial charge in [0.2, 0.25) is 0 Å². The van der Waals surface area contributed by atoms with Crippen molar-refractivity contribution in [2.24, 2.45) is 5.41 Å². The normalized spacial score (nSPS) is 26.0. The zero-order chi connectivity index (χ0) is 11.7. The van der Waals surface area contributed by atoms with Gasteiger partial charge in [-0.1, -0.05) is 0 Å². The van der Waals surface area contributed by atoms with E-state index in [9.17, 15) is 4.79 Å². The molecule has 1 saturated carbocycles. The van der Waals surface area contributed by atoms with Gasteiger partial charge in [0.25, 0.3) is 0 Å². The number of rotatable bonds is 4. The molecule has 3 heteroatoms. The fraction of sp³-hybridized carbons (Fsp3) is 0.643. The van der Waals surface area contributed by atoms with Crippen LogP contribution in [0.1, 0.15) is 37.7 Å². The maximum atomic E-state index is 11.6. The highest BCUT2D eigenvalue weighted by molar-refractivity contribution is 5.13. The summed E-state index contributed by atoms with van der Waals surface area (Å²) in [5.41, 5.74) is 0.972. The molecule has 92 valence electrons. The van der Waals surface area contributed by atoms with E-state index in [0.717, 1.165) is 25.0 Å². The van der Waals surface area contributed by atoms with Crippen molar-refractivity contribution in [1.29, 1.82) is 0 Å². The molecule has 0 N–H and O–H groups in total. The third-order valence-corrected chi connectivity index (χ3v) is 4.02. The van der Waals surface area contributed by atoms with E-state index in [2.05, 4.69) is 0 Å². The van der Waals surface area contributed by atoms with E-state index in [0.29, 0.717) is 11.5 Å². The summed E-state index contributed by atoms with van der Waals surface area (Å²) >= 11 is 0. The Labute approximate surface area is 101 Å². The minimum absolute atomic E-state index is 0.175. The second-order valence-electron chi connectivity index (χ2n) is 5.44. The Morgan fingerprint density at radius 1 is 1.41 bits per heavy atom. The predicted molar refractivity (Wildman–Crippen MR) is 63.9 cm³/mol. The Bertz CT molecular complexity index is 439. The van der Waals surface area contributed by atoms with Crippen molar-refractivity contribution in [2.75, 3.05) is 6.61 Å². The monoisotopic (exact) mass is 234 g/mol. The molecule has 1 atom stereocenters. The second kappa shape index (κ2) is 4.30. The van der Waals surface area contributed by atoms with Crippen LogP contribution in [0, 0.1) is 5.41 Å². The zero-order valence-corrected chi connectivity index (χ0v) is 9.98. The van der Waals surface area contributed by atoms with Crippen LogP contribution >= 0.6 is 0 Å². The van der Waals surface area contributed by atoms with Crippen LogP contribution in [-0.2, 0) is 11.2 Å². The van der Waals surface area contributed by atoms with Gasteiger partial charge in [-0.2, -0.15) is 0 Å². The van der Waals surface area contributed by atoms with Gasteiger partial charge in [0, 0.05) is 12.2 Å². The van der Waals surface area contributed by atoms with Gasteiger partial charge in [-0.3, -0.25) is 0 Å². The first-order chi connectivity index (χ1) is 8.27. The van der Waals surface area contributed by atoms with Crippen molar-refractivity contribution in [3.8, 4) is 0 Å². The molecule has 2 heterocycles. The Morgan fingerprint density at radius 2 is 2.29 bits per heavy atom. The maximum absolute atomic E-state index is 11.6. The van der Waals surface area contributed by atoms with E-state index in [1.807, 2.05) is 6.07 Å². The molecule has 1 aliphatic carbocycles. The van der Waals surface area contributed by atoms with Crippen molar-refractivity contribution in [1.82, 2.24) is 0 Å². The van der Waals surface area contributed by atoms with E-state index in [-0.39, 0.29) is 5.63 Å². The predicted octanol–water partition coefficient (Wildman–Crippen LogP) is 2.53. The van der Waals surface area contributed by atoms with Gasteiger partial charge < -0.3 is 9.15 Å². The summed E-state index contributed by atoms with van der Waals surface area (Å²) in [4.78, 5) is 11.6. The van der Waals surface area contributed by atoms with Crippen molar-refractivity contribution in [3.63, 3.8) is 0 Å². The minimum Gasteiger partial charge on any atom is -0.431 e. The average molecular weight is 234 g/mol. The number of hydrogen-bond acceptors (Lipinski definition) is 3. The molecule has 0 amide bonds. The molecule has 1 unspecified atom stereocenters. The van der Waals surface area contributed by atoms with Crippen LogP contribution in [0.3, 0.4) is 0 Å². The van der Waals surface area contributed by atoms with Crippen LogP contribution in [0.5, 0.6) is 0 Å². The first-order valence-corrected chi connectivity index (χ1v) is 6.46. The van der Waals surface area contributed by atoms with Crippen LogP contribution < -0.4 is 5.63 Å². The Balaban J connectivity index is 1.68. The van der Waals surface area contributed by atoms with Crippen molar-refractivity contribution >= 4 is 0 Å². The second-order valence-corrected chi connectivity index (χ2v) is 5.44. The lowest BCUT2D eigenvalue weighted by Crippen LogP contribution is -2.19. The summed E-state index contributed by atoms with van der Waals surface area (Å²) in [5, 5.41) is 0. The highest BCUT2D eigenvalue weighted by Gasteiger charge is 2.45. The Kier molecular flexibility index (Phi) is 2.79. The summed E-state index contributed by atoms with van der Waals surface area (Å²) in [6, 6.07) is 3.69. The first-order valence-electron chi connectivity index (χ1n) is 6.46. The molecule has 0 bridgehead atoms. The topological polar surface area (TPSA) is 39.4 Å².